The number of allylic oxidation sites excluding steroid dienone is 1. The first kappa shape index (κ1) is 31.9. The van der Waals surface area contributed by atoms with Crippen LogP contribution < -0.4 is 4.74 Å². The van der Waals surface area contributed by atoms with Crippen LogP contribution in [0.15, 0.2) is 42.5 Å². The summed E-state index contributed by atoms with van der Waals surface area (Å²) in [6.07, 6.45) is 15.0. The number of aliphatic hydroxyl groups excluding tert-OH is 1. The number of rotatable bonds is 6. The molecule has 0 radical (unpaired) electrons. The number of ether oxygens (including phenoxy) is 2. The molecule has 1 N–H and O–H groups in total. The SMILES string of the molecule is C=C(C)[C@H]1CC[C@@]2(COC(=O)/C=C/c3ccc(OC)cc3)CC[C@]3(C)[C@H](CC[C@H]4[C@@]5(C)CC[C@@H](O)C(C)(C)[C@H]5CC[C@@]43C)[C@@H]12. The Hall–Kier alpha value is -2.07. The summed E-state index contributed by atoms with van der Waals surface area (Å²) in [4.78, 5) is 13.0. The molecule has 0 aliphatic heterocycles. The standard InChI is InChI=1S/C40H58O4/c1-26(2)29-17-22-40(25-44-34(42)16-11-27-9-12-28(43-8)13-10-27)24-23-38(6)30(35(29)40)14-15-32-37(5)20-19-33(41)36(3,4)31(37)18-21-39(32,38)7/h9-13,16,29-33,35,41H,1,14-15,17-25H2,2-8H3/b16-11+/t29-,30-,31-,32+,33-,35-,37+,38-,39+,40+/m1/s1. The van der Waals surface area contributed by atoms with Crippen molar-refractivity contribution in [3.8, 4) is 5.75 Å². The number of aliphatic hydroxyl groups is 1. The van der Waals surface area contributed by atoms with Crippen molar-refractivity contribution in [1.82, 2.24) is 0 Å². The van der Waals surface area contributed by atoms with E-state index in [9.17, 15) is 9.90 Å². The maximum atomic E-state index is 13.0. The highest BCUT2D eigenvalue weighted by atomic mass is 16.5. The molecule has 6 rings (SSSR count). The lowest BCUT2D eigenvalue weighted by Crippen LogP contribution is -2.66. The minimum absolute atomic E-state index is 0.0179. The van der Waals surface area contributed by atoms with Gasteiger partial charge in [0.1, 0.15) is 5.75 Å². The Balaban J connectivity index is 1.25. The molecule has 10 atom stereocenters. The molecule has 5 fully saturated rings. The second kappa shape index (κ2) is 11.0. The number of carbonyl (C=O) groups is 1. The molecule has 5 aliphatic carbocycles. The molecule has 44 heavy (non-hydrogen) atoms. The summed E-state index contributed by atoms with van der Waals surface area (Å²) in [7, 11) is 1.66. The summed E-state index contributed by atoms with van der Waals surface area (Å²) in [5.41, 5.74) is 3.13. The zero-order valence-corrected chi connectivity index (χ0v) is 28.6. The van der Waals surface area contributed by atoms with E-state index in [1.165, 1.54) is 37.7 Å². The first-order chi connectivity index (χ1) is 20.7. The van der Waals surface area contributed by atoms with Gasteiger partial charge < -0.3 is 14.6 Å². The molecule has 0 spiro atoms. The summed E-state index contributed by atoms with van der Waals surface area (Å²) in [5.74, 6) is 3.48. The summed E-state index contributed by atoms with van der Waals surface area (Å²) in [6, 6.07) is 7.72. The molecule has 0 unspecified atom stereocenters. The number of carbonyl (C=O) groups excluding carboxylic acids is 1. The van der Waals surface area contributed by atoms with E-state index in [-0.39, 0.29) is 39.1 Å². The Kier molecular flexibility index (Phi) is 7.99. The number of benzene rings is 1. The van der Waals surface area contributed by atoms with Gasteiger partial charge in [-0.3, -0.25) is 0 Å². The molecule has 0 heterocycles. The summed E-state index contributed by atoms with van der Waals surface area (Å²) in [6.45, 7) is 19.9. The number of hydrogen-bond donors (Lipinski definition) is 1. The van der Waals surface area contributed by atoms with Crippen LogP contribution in [0.25, 0.3) is 6.08 Å². The second-order valence-corrected chi connectivity index (χ2v) is 17.1. The van der Waals surface area contributed by atoms with Gasteiger partial charge in [-0.25, -0.2) is 4.79 Å². The van der Waals surface area contributed by atoms with Gasteiger partial charge in [0.05, 0.1) is 19.8 Å². The van der Waals surface area contributed by atoms with Gasteiger partial charge in [-0.05, 0) is 146 Å². The third-order valence-electron chi connectivity index (χ3n) is 15.2. The third-order valence-corrected chi connectivity index (χ3v) is 15.2. The van der Waals surface area contributed by atoms with Crippen LogP contribution in [0.1, 0.15) is 111 Å². The van der Waals surface area contributed by atoms with Crippen molar-refractivity contribution in [3.05, 3.63) is 48.1 Å². The lowest BCUT2D eigenvalue weighted by molar-refractivity contribution is -0.249. The van der Waals surface area contributed by atoms with Crippen LogP contribution in [0.4, 0.5) is 0 Å². The lowest BCUT2D eigenvalue weighted by atomic mass is 9.32. The zero-order valence-electron chi connectivity index (χ0n) is 28.6. The van der Waals surface area contributed by atoms with Gasteiger partial charge in [0.15, 0.2) is 0 Å². The number of hydrogen-bond acceptors (Lipinski definition) is 4. The zero-order chi connectivity index (χ0) is 31.7. The van der Waals surface area contributed by atoms with Crippen molar-refractivity contribution < 1.29 is 19.4 Å². The predicted octanol–water partition coefficient (Wildman–Crippen LogP) is 9.27. The van der Waals surface area contributed by atoms with Gasteiger partial charge in [0.25, 0.3) is 0 Å². The van der Waals surface area contributed by atoms with Crippen LogP contribution in [0.2, 0.25) is 0 Å². The maximum absolute atomic E-state index is 13.0. The third kappa shape index (κ3) is 4.66. The topological polar surface area (TPSA) is 55.8 Å². The van der Waals surface area contributed by atoms with Crippen molar-refractivity contribution in [2.45, 2.75) is 112 Å². The van der Waals surface area contributed by atoms with Crippen LogP contribution >= 0.6 is 0 Å². The van der Waals surface area contributed by atoms with E-state index in [4.69, 9.17) is 9.47 Å². The summed E-state index contributed by atoms with van der Waals surface area (Å²) >= 11 is 0. The average Bonchev–Trinajstić information content (AvgIpc) is 3.38. The molecule has 4 nitrogen and oxygen atoms in total. The Morgan fingerprint density at radius 3 is 2.32 bits per heavy atom. The molecular formula is C40H58O4. The minimum atomic E-state index is -0.245. The first-order valence-electron chi connectivity index (χ1n) is 17.5. The Morgan fingerprint density at radius 1 is 0.909 bits per heavy atom. The Bertz CT molecular complexity index is 1290. The first-order valence-corrected chi connectivity index (χ1v) is 17.5. The van der Waals surface area contributed by atoms with Crippen LogP contribution in [0.5, 0.6) is 5.75 Å². The van der Waals surface area contributed by atoms with Crippen LogP contribution in [-0.4, -0.2) is 30.9 Å². The molecule has 1 aromatic rings. The van der Waals surface area contributed by atoms with E-state index >= 15 is 0 Å². The van der Waals surface area contributed by atoms with E-state index in [1.54, 1.807) is 13.2 Å². The quantitative estimate of drug-likeness (QED) is 0.200. The summed E-state index contributed by atoms with van der Waals surface area (Å²) in [5, 5.41) is 11.0. The van der Waals surface area contributed by atoms with Crippen molar-refractivity contribution in [2.75, 3.05) is 13.7 Å². The maximum Gasteiger partial charge on any atom is 0.330 e. The van der Waals surface area contributed by atoms with Gasteiger partial charge >= 0.3 is 5.97 Å². The number of methoxy groups -OCH3 is 1. The number of fused-ring (bicyclic) bond motifs is 7. The van der Waals surface area contributed by atoms with Crippen molar-refractivity contribution in [2.24, 2.45) is 56.7 Å². The molecule has 242 valence electrons. The van der Waals surface area contributed by atoms with Crippen molar-refractivity contribution >= 4 is 12.0 Å². The largest absolute Gasteiger partial charge is 0.497 e. The van der Waals surface area contributed by atoms with Gasteiger partial charge in [-0.1, -0.05) is 58.9 Å². The molecule has 5 saturated carbocycles. The average molecular weight is 603 g/mol. The van der Waals surface area contributed by atoms with E-state index in [0.717, 1.165) is 43.4 Å². The van der Waals surface area contributed by atoms with Crippen molar-refractivity contribution in [3.63, 3.8) is 0 Å². The van der Waals surface area contributed by atoms with Gasteiger partial charge in [-0.2, -0.15) is 0 Å². The van der Waals surface area contributed by atoms with Crippen LogP contribution in [0.3, 0.4) is 0 Å². The molecule has 1 aromatic carbocycles. The molecule has 0 aromatic heterocycles. The lowest BCUT2D eigenvalue weighted by Gasteiger charge is -2.73. The highest BCUT2D eigenvalue weighted by molar-refractivity contribution is 5.87. The highest BCUT2D eigenvalue weighted by Gasteiger charge is 2.71. The number of esters is 1. The van der Waals surface area contributed by atoms with Gasteiger partial charge in [0.2, 0.25) is 0 Å². The monoisotopic (exact) mass is 602 g/mol. The highest BCUT2D eigenvalue weighted by Crippen LogP contribution is 2.77. The Labute approximate surface area is 267 Å². The van der Waals surface area contributed by atoms with E-state index in [2.05, 4.69) is 48.1 Å². The molecular weight excluding hydrogens is 544 g/mol. The molecule has 0 bridgehead atoms. The van der Waals surface area contributed by atoms with Gasteiger partial charge in [0, 0.05) is 11.5 Å². The van der Waals surface area contributed by atoms with E-state index < -0.39 is 0 Å². The fourth-order valence-corrected chi connectivity index (χ4v) is 12.7. The van der Waals surface area contributed by atoms with Crippen LogP contribution in [-0.2, 0) is 9.53 Å². The van der Waals surface area contributed by atoms with Crippen LogP contribution in [0, 0.1) is 56.7 Å². The fraction of sp³-hybridized carbons (Fsp3) is 0.725. The normalized spacial score (nSPS) is 44.2. The summed E-state index contributed by atoms with van der Waals surface area (Å²) < 4.78 is 11.4. The Morgan fingerprint density at radius 2 is 1.64 bits per heavy atom. The van der Waals surface area contributed by atoms with Crippen molar-refractivity contribution in [1.29, 1.82) is 0 Å². The molecule has 4 heteroatoms. The van der Waals surface area contributed by atoms with Gasteiger partial charge in [-0.15, -0.1) is 0 Å². The molecule has 5 aliphatic rings. The smallest absolute Gasteiger partial charge is 0.330 e. The molecule has 0 amide bonds. The molecule has 0 saturated heterocycles. The van der Waals surface area contributed by atoms with E-state index in [0.29, 0.717) is 36.2 Å². The second-order valence-electron chi connectivity index (χ2n) is 17.1. The van der Waals surface area contributed by atoms with E-state index in [1.807, 2.05) is 30.3 Å². The minimum Gasteiger partial charge on any atom is -0.497 e. The predicted molar refractivity (Wildman–Crippen MR) is 178 cm³/mol. The fourth-order valence-electron chi connectivity index (χ4n) is 12.7.